The Kier molecular flexibility index (Phi) is 6.19. The van der Waals surface area contributed by atoms with Gasteiger partial charge in [-0.15, -0.1) is 0 Å². The summed E-state index contributed by atoms with van der Waals surface area (Å²) in [4.78, 5) is 12.3. The smallest absolute Gasteiger partial charge is 0.267 e. The van der Waals surface area contributed by atoms with E-state index in [0.29, 0.717) is 28.4 Å². The molecule has 0 saturated carbocycles. The van der Waals surface area contributed by atoms with Crippen LogP contribution in [-0.2, 0) is 4.79 Å². The molecule has 0 spiro atoms. The van der Waals surface area contributed by atoms with E-state index in [4.69, 9.17) is 14.7 Å². The molecule has 0 saturated heterocycles. The molecule has 7 heteroatoms. The van der Waals surface area contributed by atoms with Gasteiger partial charge in [0, 0.05) is 12.3 Å². The third-order valence-electron chi connectivity index (χ3n) is 3.44. The zero-order chi connectivity index (χ0) is 18.9. The Morgan fingerprint density at radius 1 is 1.08 bits per heavy atom. The molecular formula is C19H16N4O3. The van der Waals surface area contributed by atoms with Crippen molar-refractivity contribution in [3.05, 3.63) is 59.8 Å². The summed E-state index contributed by atoms with van der Waals surface area (Å²) in [7, 11) is 3.04. The number of para-hydroxylation sites is 1. The average Bonchev–Trinajstić information content (AvgIpc) is 2.68. The molecule has 2 aromatic rings. The molecule has 0 atom stereocenters. The number of carbonyl (C=O) groups excluding carboxylic acids is 1. The topological polar surface area (TPSA) is 107 Å². The monoisotopic (exact) mass is 348 g/mol. The first-order chi connectivity index (χ1) is 12.6. The summed E-state index contributed by atoms with van der Waals surface area (Å²) in [5.74, 6) is 0.478. The van der Waals surface area contributed by atoms with Crippen LogP contribution in [0.5, 0.6) is 11.5 Å². The number of rotatable bonds is 6. The van der Waals surface area contributed by atoms with Crippen molar-refractivity contribution in [2.75, 3.05) is 24.9 Å². The van der Waals surface area contributed by atoms with Gasteiger partial charge in [0.25, 0.3) is 5.91 Å². The largest absolute Gasteiger partial charge is 0.497 e. The number of methoxy groups -OCH3 is 2. The summed E-state index contributed by atoms with van der Waals surface area (Å²) in [6.45, 7) is 0. The maximum atomic E-state index is 12.3. The molecule has 0 aromatic heterocycles. The molecule has 0 aliphatic rings. The van der Waals surface area contributed by atoms with E-state index < -0.39 is 5.91 Å². The van der Waals surface area contributed by atoms with Crippen molar-refractivity contribution < 1.29 is 14.3 Å². The standard InChI is InChI=1S/C19H16N4O3/c1-25-15-7-8-18(26-2)17(9-15)22-12-14(11-21)19(24)23-16-6-4-3-5-13(16)10-20/h3-9,12,22H,1-2H3,(H,23,24)/b14-12-. The van der Waals surface area contributed by atoms with Crippen LogP contribution in [0.4, 0.5) is 11.4 Å². The van der Waals surface area contributed by atoms with Crippen LogP contribution in [-0.4, -0.2) is 20.1 Å². The minimum absolute atomic E-state index is 0.164. The van der Waals surface area contributed by atoms with E-state index in [0.717, 1.165) is 0 Å². The molecule has 0 aliphatic heterocycles. The third kappa shape index (κ3) is 4.31. The van der Waals surface area contributed by atoms with Crippen molar-refractivity contribution >= 4 is 17.3 Å². The van der Waals surface area contributed by atoms with Crippen LogP contribution in [0, 0.1) is 22.7 Å². The van der Waals surface area contributed by atoms with Gasteiger partial charge < -0.3 is 20.1 Å². The molecule has 2 rings (SSSR count). The van der Waals surface area contributed by atoms with Gasteiger partial charge >= 0.3 is 0 Å². The van der Waals surface area contributed by atoms with E-state index in [1.54, 1.807) is 42.5 Å². The quantitative estimate of drug-likeness (QED) is 0.614. The van der Waals surface area contributed by atoms with Gasteiger partial charge in [-0.2, -0.15) is 10.5 Å². The van der Waals surface area contributed by atoms with E-state index in [2.05, 4.69) is 10.6 Å². The Hall–Kier alpha value is -3.97. The first kappa shape index (κ1) is 18.4. The fourth-order valence-corrected chi connectivity index (χ4v) is 2.10. The highest BCUT2D eigenvalue weighted by Crippen LogP contribution is 2.29. The zero-order valence-electron chi connectivity index (χ0n) is 14.2. The molecular weight excluding hydrogens is 332 g/mol. The van der Waals surface area contributed by atoms with Gasteiger partial charge in [-0.05, 0) is 24.3 Å². The fraction of sp³-hybridized carbons (Fsp3) is 0.105. The average molecular weight is 348 g/mol. The lowest BCUT2D eigenvalue weighted by Crippen LogP contribution is -2.15. The highest BCUT2D eigenvalue weighted by Gasteiger charge is 2.12. The van der Waals surface area contributed by atoms with Crippen LogP contribution >= 0.6 is 0 Å². The number of anilines is 2. The van der Waals surface area contributed by atoms with E-state index in [9.17, 15) is 10.1 Å². The molecule has 2 N–H and O–H groups in total. The fourth-order valence-electron chi connectivity index (χ4n) is 2.10. The molecule has 2 aromatic carbocycles. The molecule has 0 unspecified atom stereocenters. The second-order valence-corrected chi connectivity index (χ2v) is 4.99. The number of hydrogen-bond acceptors (Lipinski definition) is 6. The van der Waals surface area contributed by atoms with Crippen LogP contribution in [0.25, 0.3) is 0 Å². The number of carbonyl (C=O) groups is 1. The summed E-state index contributed by atoms with van der Waals surface area (Å²) in [6.07, 6.45) is 1.27. The Morgan fingerprint density at radius 3 is 2.50 bits per heavy atom. The number of nitrogens with zero attached hydrogens (tertiary/aromatic N) is 2. The Morgan fingerprint density at radius 2 is 1.85 bits per heavy atom. The molecule has 26 heavy (non-hydrogen) atoms. The van der Waals surface area contributed by atoms with Gasteiger partial charge in [-0.1, -0.05) is 12.1 Å². The van der Waals surface area contributed by atoms with E-state index in [-0.39, 0.29) is 5.57 Å². The number of nitrogens with one attached hydrogen (secondary N) is 2. The highest BCUT2D eigenvalue weighted by atomic mass is 16.5. The molecule has 0 bridgehead atoms. The van der Waals surface area contributed by atoms with Crippen LogP contribution in [0.3, 0.4) is 0 Å². The maximum absolute atomic E-state index is 12.3. The normalized spacial score (nSPS) is 10.2. The minimum atomic E-state index is -0.635. The molecule has 0 fully saturated rings. The van der Waals surface area contributed by atoms with Crippen molar-refractivity contribution in [3.8, 4) is 23.6 Å². The summed E-state index contributed by atoms with van der Waals surface area (Å²) in [5.41, 5.74) is 1.01. The van der Waals surface area contributed by atoms with Gasteiger partial charge in [-0.3, -0.25) is 4.79 Å². The van der Waals surface area contributed by atoms with Crippen molar-refractivity contribution in [1.29, 1.82) is 10.5 Å². The summed E-state index contributed by atoms with van der Waals surface area (Å²) in [5, 5.41) is 23.8. The van der Waals surface area contributed by atoms with Gasteiger partial charge in [0.1, 0.15) is 29.2 Å². The Balaban J connectivity index is 2.22. The SMILES string of the molecule is COc1ccc(OC)c(N/C=C(/C#N)C(=O)Nc2ccccc2C#N)c1. The summed E-state index contributed by atoms with van der Waals surface area (Å²) < 4.78 is 10.4. The molecule has 7 nitrogen and oxygen atoms in total. The second kappa shape index (κ2) is 8.76. The van der Waals surface area contributed by atoms with Crippen LogP contribution in [0.2, 0.25) is 0 Å². The van der Waals surface area contributed by atoms with E-state index in [1.165, 1.54) is 20.4 Å². The molecule has 1 amide bonds. The van der Waals surface area contributed by atoms with E-state index in [1.807, 2.05) is 12.1 Å². The molecule has 0 heterocycles. The third-order valence-corrected chi connectivity index (χ3v) is 3.44. The van der Waals surface area contributed by atoms with Crippen LogP contribution < -0.4 is 20.1 Å². The molecule has 0 aliphatic carbocycles. The van der Waals surface area contributed by atoms with Gasteiger partial charge in [0.2, 0.25) is 0 Å². The number of ether oxygens (including phenoxy) is 2. The van der Waals surface area contributed by atoms with Crippen molar-refractivity contribution in [2.24, 2.45) is 0 Å². The van der Waals surface area contributed by atoms with Crippen molar-refractivity contribution in [3.63, 3.8) is 0 Å². The van der Waals surface area contributed by atoms with Crippen molar-refractivity contribution in [1.82, 2.24) is 0 Å². The first-order valence-corrected chi connectivity index (χ1v) is 7.52. The van der Waals surface area contributed by atoms with Gasteiger partial charge in [0.15, 0.2) is 0 Å². The van der Waals surface area contributed by atoms with Crippen molar-refractivity contribution in [2.45, 2.75) is 0 Å². The summed E-state index contributed by atoms with van der Waals surface area (Å²) in [6, 6.07) is 15.4. The van der Waals surface area contributed by atoms with Crippen LogP contribution in [0.1, 0.15) is 5.56 Å². The predicted octanol–water partition coefficient (Wildman–Crippen LogP) is 3.03. The lowest BCUT2D eigenvalue weighted by molar-refractivity contribution is -0.112. The Labute approximate surface area is 151 Å². The maximum Gasteiger partial charge on any atom is 0.267 e. The minimum Gasteiger partial charge on any atom is -0.497 e. The lowest BCUT2D eigenvalue weighted by Gasteiger charge is -2.11. The number of nitriles is 2. The second-order valence-electron chi connectivity index (χ2n) is 4.99. The highest BCUT2D eigenvalue weighted by molar-refractivity contribution is 6.07. The van der Waals surface area contributed by atoms with Gasteiger partial charge in [-0.25, -0.2) is 0 Å². The predicted molar refractivity (Wildman–Crippen MR) is 96.7 cm³/mol. The molecule has 130 valence electrons. The van der Waals surface area contributed by atoms with Crippen LogP contribution in [0.15, 0.2) is 54.2 Å². The molecule has 0 radical (unpaired) electrons. The first-order valence-electron chi connectivity index (χ1n) is 7.52. The lowest BCUT2D eigenvalue weighted by atomic mass is 10.2. The number of amides is 1. The Bertz CT molecular complexity index is 923. The summed E-state index contributed by atoms with van der Waals surface area (Å²) >= 11 is 0. The van der Waals surface area contributed by atoms with E-state index >= 15 is 0 Å². The number of benzene rings is 2. The number of hydrogen-bond donors (Lipinski definition) is 2. The zero-order valence-corrected chi connectivity index (χ0v) is 14.2. The van der Waals surface area contributed by atoms with Gasteiger partial charge in [0.05, 0.1) is 31.2 Å².